The number of esters is 2. The van der Waals surface area contributed by atoms with Gasteiger partial charge in [0.05, 0.1) is 74.4 Å². The van der Waals surface area contributed by atoms with Gasteiger partial charge in [-0.2, -0.15) is 15.0 Å². The molecule has 0 unspecified atom stereocenters. The standard InChI is InChI=1S/C25H27Cl2N3O5.C23H23Cl2N3O5.C21H19Cl2N3O5.C2H5O.CH4.Li/c1-13(2)32-23-20(27)10-15(12-28-23)22-29-21(30-35-22)18-7-6-16(11-19(18)26)33-17-8-14(9-17)24(31)34-25(3,4)5;1-4-30-23(29)13-7-16(8-13)32-15-5-6-17(18(24)10-15)20-27-21(33-28-20)14-9-19(25)22(26-11-14)31-12(2)3;1-10(2)29-20-17(23)7-12(9-24-20)19-25-18(26-31-19)15-4-3-13(8-16(15)22)30-14-5-11(6-14)21(27)28;1-2-3;;/h6-7,10-14,17H,8-9H2,1-5H3;5-6,9-13,16H,4,7-8H2,1-3H3;3-4,7-11,14H,5-6H2,1-2H3,(H,27,28);2H2,1H3;1H4;/q;;;-1;;+1. The molecule has 0 amide bonds. The molecular weight excluding hydrogens is 1470 g/mol. The molecule has 3 aliphatic rings. The predicted molar refractivity (Wildman–Crippen MR) is 385 cm³/mol. The summed E-state index contributed by atoms with van der Waals surface area (Å²) in [6, 6.07) is 20.6. The Morgan fingerprint density at radius 3 is 1.06 bits per heavy atom. The van der Waals surface area contributed by atoms with Crippen LogP contribution in [0.5, 0.6) is 34.9 Å². The first kappa shape index (κ1) is 83.3. The Bertz CT molecular complexity index is 4370. The van der Waals surface area contributed by atoms with E-state index in [0.717, 1.165) is 0 Å². The summed E-state index contributed by atoms with van der Waals surface area (Å²) in [5, 5.41) is 32.2. The van der Waals surface area contributed by atoms with Crippen LogP contribution in [0.2, 0.25) is 30.1 Å². The molecule has 32 heteroatoms. The summed E-state index contributed by atoms with van der Waals surface area (Å²) in [5.74, 6) is 2.77. The fraction of sp³-hybridized carbons (Fsp3) is 0.417. The van der Waals surface area contributed by atoms with Crippen molar-refractivity contribution in [2.45, 2.75) is 164 Å². The Kier molecular flexibility index (Phi) is 30.3. The van der Waals surface area contributed by atoms with Crippen LogP contribution in [0.3, 0.4) is 0 Å². The summed E-state index contributed by atoms with van der Waals surface area (Å²) in [4.78, 5) is 60.6. The second-order valence-corrected chi connectivity index (χ2v) is 27.8. The molecule has 0 spiro atoms. The molecular formula is C72H78Cl6LiN9O16. The van der Waals surface area contributed by atoms with Crippen LogP contribution in [0.1, 0.15) is 122 Å². The first-order valence-electron chi connectivity index (χ1n) is 32.6. The summed E-state index contributed by atoms with van der Waals surface area (Å²) < 4.78 is 60.9. The van der Waals surface area contributed by atoms with Gasteiger partial charge in [-0.15, -0.1) is 6.61 Å². The molecule has 0 aliphatic heterocycles. The quantitative estimate of drug-likeness (QED) is 0.0486. The second kappa shape index (κ2) is 37.8. The number of pyridine rings is 3. The van der Waals surface area contributed by atoms with Gasteiger partial charge >= 0.3 is 36.8 Å². The maximum atomic E-state index is 12.1. The van der Waals surface area contributed by atoms with Gasteiger partial charge in [-0.1, -0.05) is 99.4 Å². The van der Waals surface area contributed by atoms with Gasteiger partial charge in [-0.05, 0) is 181 Å². The summed E-state index contributed by atoms with van der Waals surface area (Å²) in [5.41, 5.74) is 2.94. The van der Waals surface area contributed by atoms with Gasteiger partial charge in [-0.3, -0.25) is 14.4 Å². The van der Waals surface area contributed by atoms with Crippen molar-refractivity contribution in [1.29, 1.82) is 0 Å². The molecule has 6 heterocycles. The molecule has 0 radical (unpaired) electrons. The van der Waals surface area contributed by atoms with Crippen LogP contribution in [0, 0.1) is 17.8 Å². The molecule has 3 aliphatic carbocycles. The topological polar surface area (TPSA) is 324 Å². The predicted octanol–water partition coefficient (Wildman–Crippen LogP) is 14.1. The minimum Gasteiger partial charge on any atom is -0.855 e. The number of nitrogens with zero attached hydrogens (tertiary/aromatic N) is 9. The number of carboxylic acids is 1. The van der Waals surface area contributed by atoms with Gasteiger partial charge in [0.1, 0.15) is 56.2 Å². The van der Waals surface area contributed by atoms with Gasteiger partial charge in [0.15, 0.2) is 0 Å². The van der Waals surface area contributed by atoms with Gasteiger partial charge in [0.2, 0.25) is 35.1 Å². The molecule has 9 aromatic rings. The third-order valence-electron chi connectivity index (χ3n) is 14.9. The molecule has 550 valence electrons. The zero-order valence-electron chi connectivity index (χ0n) is 58.4. The Morgan fingerprint density at radius 2 is 0.798 bits per heavy atom. The van der Waals surface area contributed by atoms with Crippen LogP contribution < -0.4 is 52.4 Å². The zero-order chi connectivity index (χ0) is 73.7. The Balaban J connectivity index is 0.000000212. The molecule has 104 heavy (non-hydrogen) atoms. The number of ether oxygens (including phenoxy) is 8. The average molecular weight is 1550 g/mol. The molecule has 3 saturated carbocycles. The van der Waals surface area contributed by atoms with E-state index in [1.165, 1.54) is 0 Å². The van der Waals surface area contributed by atoms with Crippen molar-refractivity contribution in [3.05, 3.63) is 122 Å². The van der Waals surface area contributed by atoms with Crippen molar-refractivity contribution in [3.8, 4) is 103 Å². The van der Waals surface area contributed by atoms with Crippen LogP contribution in [0.15, 0.2) is 105 Å². The molecule has 12 rings (SSSR count). The molecule has 3 aromatic carbocycles. The first-order valence-corrected chi connectivity index (χ1v) is 34.9. The normalized spacial score (nSPS) is 17.0. The van der Waals surface area contributed by atoms with E-state index in [1.807, 2.05) is 62.3 Å². The van der Waals surface area contributed by atoms with E-state index in [1.54, 1.807) is 105 Å². The summed E-state index contributed by atoms with van der Waals surface area (Å²) >= 11 is 38.1. The number of carbonyl (C=O) groups excluding carboxylic acids is 2. The Labute approximate surface area is 643 Å². The number of halogens is 6. The van der Waals surface area contributed by atoms with Crippen molar-refractivity contribution in [2.75, 3.05) is 13.2 Å². The van der Waals surface area contributed by atoms with Gasteiger partial charge in [0.25, 0.3) is 17.7 Å². The smallest absolute Gasteiger partial charge is 0.855 e. The van der Waals surface area contributed by atoms with E-state index in [4.69, 9.17) is 131 Å². The SMILES string of the molecule is C.CC(C)Oc1ncc(-c2nc(-c3ccc(OC4CC(C(=O)O)C4)cc3Cl)no2)cc1Cl.CC(C)Oc1ncc(-c2nc(-c3ccc(OC4CC(C(=O)OC(C)(C)C)C4)cc3Cl)no2)cc1Cl.CCOC(=O)C1CC(Oc2ccc(-c3noc(-c4cnc(OC(C)C)c(Cl)c4)n3)c(Cl)c2)C1.CC[O-].[Li+]. The van der Waals surface area contributed by atoms with Gasteiger partial charge in [-0.25, -0.2) is 15.0 Å². The number of aliphatic carboxylic acids is 1. The summed E-state index contributed by atoms with van der Waals surface area (Å²) in [7, 11) is 0. The van der Waals surface area contributed by atoms with Crippen LogP contribution in [-0.4, -0.2) is 124 Å². The number of carboxylic acid groups (broad SMARTS) is 1. The van der Waals surface area contributed by atoms with E-state index < -0.39 is 11.6 Å². The van der Waals surface area contributed by atoms with E-state index in [0.29, 0.717) is 161 Å². The van der Waals surface area contributed by atoms with Crippen molar-refractivity contribution in [2.24, 2.45) is 17.8 Å². The Hall–Kier alpha value is -7.96. The molecule has 6 aromatic heterocycles. The van der Waals surface area contributed by atoms with Crippen LogP contribution in [0.25, 0.3) is 68.5 Å². The number of carbonyl (C=O) groups is 3. The molecule has 25 nitrogen and oxygen atoms in total. The van der Waals surface area contributed by atoms with Crippen molar-refractivity contribution >= 4 is 87.5 Å². The van der Waals surface area contributed by atoms with Crippen molar-refractivity contribution in [3.63, 3.8) is 0 Å². The summed E-state index contributed by atoms with van der Waals surface area (Å²) in [6.07, 6.45) is 7.73. The molecule has 3 fully saturated rings. The third kappa shape index (κ3) is 22.8. The third-order valence-corrected chi connectivity index (χ3v) is 16.7. The van der Waals surface area contributed by atoms with Crippen molar-refractivity contribution in [1.82, 2.24) is 45.4 Å². The summed E-state index contributed by atoms with van der Waals surface area (Å²) in [6.45, 7) is 20.7. The minimum absolute atomic E-state index is 0. The average Bonchev–Trinajstić information content (AvgIpc) is 1.67. The number of aromatic nitrogens is 9. The molecule has 0 bridgehead atoms. The number of rotatable bonds is 22. The number of hydrogen-bond acceptors (Lipinski definition) is 24. The number of benzene rings is 3. The molecule has 0 saturated heterocycles. The maximum Gasteiger partial charge on any atom is 1.00 e. The monoisotopic (exact) mass is 1540 g/mol. The second-order valence-electron chi connectivity index (χ2n) is 25.4. The largest absolute Gasteiger partial charge is 1.00 e. The number of hydrogen-bond donors (Lipinski definition) is 1. The van der Waals surface area contributed by atoms with Gasteiger partial charge < -0.3 is 61.7 Å². The van der Waals surface area contributed by atoms with Crippen LogP contribution >= 0.6 is 69.6 Å². The van der Waals surface area contributed by atoms with E-state index in [2.05, 4.69) is 45.4 Å². The van der Waals surface area contributed by atoms with Crippen molar-refractivity contribution < 1.29 is 94.9 Å². The fourth-order valence-electron chi connectivity index (χ4n) is 9.95. The Morgan fingerprint density at radius 1 is 0.500 bits per heavy atom. The zero-order valence-corrected chi connectivity index (χ0v) is 62.9. The fourth-order valence-corrected chi connectivity index (χ4v) is 11.4. The maximum absolute atomic E-state index is 12.1. The van der Waals surface area contributed by atoms with E-state index in [-0.39, 0.29) is 117 Å². The molecule has 1 N–H and O–H groups in total. The van der Waals surface area contributed by atoms with E-state index in [9.17, 15) is 14.4 Å². The minimum atomic E-state index is -0.792. The first-order chi connectivity index (χ1) is 48.5. The van der Waals surface area contributed by atoms with Gasteiger partial charge in [0, 0.05) is 35.3 Å². The van der Waals surface area contributed by atoms with E-state index >= 15 is 0 Å². The van der Waals surface area contributed by atoms with Crippen LogP contribution in [0.4, 0.5) is 0 Å². The van der Waals surface area contributed by atoms with Crippen LogP contribution in [-0.2, 0) is 23.9 Å². The molecule has 0 atom stereocenters.